The third-order valence-corrected chi connectivity index (χ3v) is 3.62. The molecule has 2 aliphatic rings. The monoisotopic (exact) mass is 168 g/mol. The average molecular weight is 168 g/mol. The average Bonchev–Trinajstić information content (AvgIpc) is 2.00. The molecule has 0 bridgehead atoms. The molecule has 0 amide bonds. The molecule has 1 N–H and O–H groups in total. The standard InChI is InChI=1S/C10H16O2/c11-10(12)6-8-5-7-3-1-2-4-9(7)8/h7-9H,1-6H2,(H,11,12). The molecule has 3 unspecified atom stereocenters. The topological polar surface area (TPSA) is 37.3 Å². The van der Waals surface area contributed by atoms with Crippen LogP contribution in [0.1, 0.15) is 38.5 Å². The van der Waals surface area contributed by atoms with E-state index in [0.29, 0.717) is 12.3 Å². The van der Waals surface area contributed by atoms with E-state index >= 15 is 0 Å². The molecule has 2 saturated carbocycles. The minimum absolute atomic E-state index is 0.418. The van der Waals surface area contributed by atoms with Crippen molar-refractivity contribution < 1.29 is 9.90 Å². The quantitative estimate of drug-likeness (QED) is 0.686. The summed E-state index contributed by atoms with van der Waals surface area (Å²) in [5.41, 5.74) is 0. The molecule has 0 aromatic carbocycles. The van der Waals surface area contributed by atoms with Crippen LogP contribution in [0.3, 0.4) is 0 Å². The Morgan fingerprint density at radius 1 is 1.33 bits per heavy atom. The molecule has 0 aliphatic heterocycles. The lowest BCUT2D eigenvalue weighted by Gasteiger charge is -2.47. The maximum absolute atomic E-state index is 10.5. The second-order valence-electron chi connectivity index (χ2n) is 4.30. The van der Waals surface area contributed by atoms with Crippen molar-refractivity contribution in [3.8, 4) is 0 Å². The van der Waals surface area contributed by atoms with Crippen LogP contribution in [0.4, 0.5) is 0 Å². The Hall–Kier alpha value is -0.530. The summed E-state index contributed by atoms with van der Waals surface area (Å²) in [5, 5.41) is 8.64. The first kappa shape index (κ1) is 8.09. The van der Waals surface area contributed by atoms with Gasteiger partial charge in [0.15, 0.2) is 0 Å². The summed E-state index contributed by atoms with van der Waals surface area (Å²) in [4.78, 5) is 10.5. The summed E-state index contributed by atoms with van der Waals surface area (Å²) in [5.74, 6) is 1.58. The Bertz CT molecular complexity index is 188. The molecule has 0 spiro atoms. The van der Waals surface area contributed by atoms with Crippen molar-refractivity contribution in [1.82, 2.24) is 0 Å². The Balaban J connectivity index is 1.84. The fourth-order valence-corrected chi connectivity index (χ4v) is 2.98. The molecular formula is C10H16O2. The molecule has 0 radical (unpaired) electrons. The number of carboxylic acids is 1. The number of aliphatic carboxylic acids is 1. The van der Waals surface area contributed by atoms with Crippen LogP contribution < -0.4 is 0 Å². The van der Waals surface area contributed by atoms with Gasteiger partial charge in [-0.05, 0) is 30.6 Å². The van der Waals surface area contributed by atoms with Crippen LogP contribution in [0.25, 0.3) is 0 Å². The van der Waals surface area contributed by atoms with Gasteiger partial charge in [0.25, 0.3) is 0 Å². The summed E-state index contributed by atoms with van der Waals surface area (Å²) >= 11 is 0. The summed E-state index contributed by atoms with van der Waals surface area (Å²) in [6.45, 7) is 0. The van der Waals surface area contributed by atoms with Gasteiger partial charge in [-0.1, -0.05) is 19.3 Å². The van der Waals surface area contributed by atoms with E-state index in [0.717, 1.165) is 11.8 Å². The van der Waals surface area contributed by atoms with Gasteiger partial charge < -0.3 is 5.11 Å². The second kappa shape index (κ2) is 3.08. The van der Waals surface area contributed by atoms with Gasteiger partial charge in [-0.2, -0.15) is 0 Å². The van der Waals surface area contributed by atoms with Gasteiger partial charge in [-0.25, -0.2) is 0 Å². The van der Waals surface area contributed by atoms with Crippen molar-refractivity contribution in [3.05, 3.63) is 0 Å². The van der Waals surface area contributed by atoms with Crippen molar-refractivity contribution in [2.75, 3.05) is 0 Å². The fraction of sp³-hybridized carbons (Fsp3) is 0.900. The van der Waals surface area contributed by atoms with E-state index in [1.54, 1.807) is 0 Å². The van der Waals surface area contributed by atoms with Gasteiger partial charge in [0, 0.05) is 6.42 Å². The maximum Gasteiger partial charge on any atom is 0.303 e. The number of carboxylic acid groups (broad SMARTS) is 1. The molecular weight excluding hydrogens is 152 g/mol. The highest BCUT2D eigenvalue weighted by molar-refractivity contribution is 5.67. The van der Waals surface area contributed by atoms with E-state index in [1.165, 1.54) is 32.1 Å². The minimum atomic E-state index is -0.607. The lowest BCUT2D eigenvalue weighted by atomic mass is 9.58. The highest BCUT2D eigenvalue weighted by atomic mass is 16.4. The van der Waals surface area contributed by atoms with Gasteiger partial charge in [0.1, 0.15) is 0 Å². The fourth-order valence-electron chi connectivity index (χ4n) is 2.98. The summed E-state index contributed by atoms with van der Waals surface area (Å²) < 4.78 is 0. The van der Waals surface area contributed by atoms with E-state index in [4.69, 9.17) is 5.11 Å². The first-order valence-electron chi connectivity index (χ1n) is 4.99. The van der Waals surface area contributed by atoms with Gasteiger partial charge in [0.2, 0.25) is 0 Å². The Morgan fingerprint density at radius 3 is 2.75 bits per heavy atom. The predicted octanol–water partition coefficient (Wildman–Crippen LogP) is 2.29. The van der Waals surface area contributed by atoms with Crippen LogP contribution >= 0.6 is 0 Å². The number of rotatable bonds is 2. The lowest BCUT2D eigenvalue weighted by molar-refractivity contribution is -0.141. The molecule has 3 atom stereocenters. The van der Waals surface area contributed by atoms with E-state index in [-0.39, 0.29) is 0 Å². The zero-order valence-corrected chi connectivity index (χ0v) is 7.33. The highest BCUT2D eigenvalue weighted by Gasteiger charge is 2.42. The third-order valence-electron chi connectivity index (χ3n) is 3.62. The predicted molar refractivity (Wildman–Crippen MR) is 45.8 cm³/mol. The molecule has 0 heterocycles. The van der Waals surface area contributed by atoms with Crippen molar-refractivity contribution in [2.24, 2.45) is 17.8 Å². The van der Waals surface area contributed by atoms with E-state index in [1.807, 2.05) is 0 Å². The zero-order valence-electron chi connectivity index (χ0n) is 7.33. The van der Waals surface area contributed by atoms with E-state index in [2.05, 4.69) is 0 Å². The van der Waals surface area contributed by atoms with Gasteiger partial charge in [-0.3, -0.25) is 4.79 Å². The summed E-state index contributed by atoms with van der Waals surface area (Å²) in [6, 6.07) is 0. The smallest absolute Gasteiger partial charge is 0.303 e. The molecule has 0 aromatic rings. The van der Waals surface area contributed by atoms with Crippen LogP contribution in [-0.2, 0) is 4.79 Å². The van der Waals surface area contributed by atoms with Crippen LogP contribution in [0.15, 0.2) is 0 Å². The molecule has 2 heteroatoms. The van der Waals surface area contributed by atoms with Gasteiger partial charge in [-0.15, -0.1) is 0 Å². The molecule has 0 saturated heterocycles. The van der Waals surface area contributed by atoms with Gasteiger partial charge >= 0.3 is 5.97 Å². The largest absolute Gasteiger partial charge is 0.481 e. The van der Waals surface area contributed by atoms with Crippen LogP contribution in [0, 0.1) is 17.8 Å². The van der Waals surface area contributed by atoms with Crippen LogP contribution in [0.5, 0.6) is 0 Å². The normalized spacial score (nSPS) is 39.8. The lowest BCUT2D eigenvalue weighted by Crippen LogP contribution is -2.39. The Kier molecular flexibility index (Phi) is 2.07. The molecule has 2 rings (SSSR count). The SMILES string of the molecule is O=C(O)CC1CC2CCCCC21. The molecule has 68 valence electrons. The zero-order chi connectivity index (χ0) is 8.55. The molecule has 2 fully saturated rings. The maximum atomic E-state index is 10.5. The number of hydrogen-bond acceptors (Lipinski definition) is 1. The first-order chi connectivity index (χ1) is 5.77. The van der Waals surface area contributed by atoms with Crippen molar-refractivity contribution in [2.45, 2.75) is 38.5 Å². The van der Waals surface area contributed by atoms with Crippen molar-refractivity contribution >= 4 is 5.97 Å². The molecule has 2 nitrogen and oxygen atoms in total. The molecule has 0 aromatic heterocycles. The van der Waals surface area contributed by atoms with Crippen LogP contribution in [0.2, 0.25) is 0 Å². The second-order valence-corrected chi connectivity index (χ2v) is 4.30. The van der Waals surface area contributed by atoms with E-state index in [9.17, 15) is 4.79 Å². The van der Waals surface area contributed by atoms with Crippen LogP contribution in [-0.4, -0.2) is 11.1 Å². The molecule has 2 aliphatic carbocycles. The highest BCUT2D eigenvalue weighted by Crippen LogP contribution is 2.50. The number of carbonyl (C=O) groups is 1. The minimum Gasteiger partial charge on any atom is -0.481 e. The van der Waals surface area contributed by atoms with E-state index < -0.39 is 5.97 Å². The summed E-state index contributed by atoms with van der Waals surface area (Å²) in [6.07, 6.45) is 6.97. The van der Waals surface area contributed by atoms with Crippen molar-refractivity contribution in [1.29, 1.82) is 0 Å². The Labute approximate surface area is 73.0 Å². The molecule has 12 heavy (non-hydrogen) atoms. The summed E-state index contributed by atoms with van der Waals surface area (Å²) in [7, 11) is 0. The number of hydrogen-bond donors (Lipinski definition) is 1. The van der Waals surface area contributed by atoms with Gasteiger partial charge in [0.05, 0.1) is 0 Å². The van der Waals surface area contributed by atoms with Crippen molar-refractivity contribution in [3.63, 3.8) is 0 Å². The Morgan fingerprint density at radius 2 is 2.08 bits per heavy atom. The number of fused-ring (bicyclic) bond motifs is 1. The first-order valence-corrected chi connectivity index (χ1v) is 4.99. The third kappa shape index (κ3) is 1.35.